The number of carbonyl (C=O) groups excluding carboxylic acids is 1. The van der Waals surface area contributed by atoms with Gasteiger partial charge in [0.05, 0.1) is 24.3 Å². The van der Waals surface area contributed by atoms with E-state index in [9.17, 15) is 4.79 Å². The van der Waals surface area contributed by atoms with E-state index in [1.165, 1.54) is 0 Å². The SMILES string of the molecule is Cc1ccc2c(c1)OC(C)CN2C(=O)[C@H]1CNC[C@@H]1c1cnn(C)c1.Cl. The molecule has 2 aliphatic rings. The lowest BCUT2D eigenvalue weighted by molar-refractivity contribution is -0.122. The van der Waals surface area contributed by atoms with Gasteiger partial charge in [-0.2, -0.15) is 5.10 Å². The summed E-state index contributed by atoms with van der Waals surface area (Å²) in [4.78, 5) is 15.3. The number of benzene rings is 1. The zero-order valence-corrected chi connectivity index (χ0v) is 16.1. The zero-order chi connectivity index (χ0) is 17.6. The molecule has 0 aliphatic carbocycles. The molecule has 3 heterocycles. The largest absolute Gasteiger partial charge is 0.487 e. The summed E-state index contributed by atoms with van der Waals surface area (Å²) in [6.45, 7) is 6.14. The summed E-state index contributed by atoms with van der Waals surface area (Å²) in [6, 6.07) is 6.04. The minimum absolute atomic E-state index is 0. The number of aromatic nitrogens is 2. The van der Waals surface area contributed by atoms with Crippen molar-refractivity contribution in [3.63, 3.8) is 0 Å². The molecule has 0 bridgehead atoms. The van der Waals surface area contributed by atoms with Crippen LogP contribution in [0.2, 0.25) is 0 Å². The molecule has 1 aromatic heterocycles. The summed E-state index contributed by atoms with van der Waals surface area (Å²) >= 11 is 0. The standard InChI is InChI=1S/C19H24N4O2.ClH/c1-12-4-5-17-18(6-12)25-13(2)10-23(17)19(24)16-9-20-8-15(16)14-7-21-22(3)11-14;/h4-7,11,13,15-16,20H,8-10H2,1-3H3;1H/t13?,15-,16+;/m1./s1. The number of carbonyl (C=O) groups is 1. The normalized spacial score (nSPS) is 24.6. The second kappa shape index (κ2) is 7.29. The van der Waals surface area contributed by atoms with Crippen molar-refractivity contribution >= 4 is 24.0 Å². The highest BCUT2D eigenvalue weighted by Gasteiger charge is 2.39. The third-order valence-corrected chi connectivity index (χ3v) is 5.12. The first-order valence-corrected chi connectivity index (χ1v) is 8.81. The number of nitrogens with one attached hydrogen (secondary N) is 1. The summed E-state index contributed by atoms with van der Waals surface area (Å²) in [5.74, 6) is 1.05. The Kier molecular flexibility index (Phi) is 5.25. The lowest BCUT2D eigenvalue weighted by Crippen LogP contribution is -2.46. The van der Waals surface area contributed by atoms with Crippen molar-refractivity contribution in [1.29, 1.82) is 0 Å². The fourth-order valence-corrected chi connectivity index (χ4v) is 3.88. The van der Waals surface area contributed by atoms with Crippen molar-refractivity contribution in [2.45, 2.75) is 25.9 Å². The third-order valence-electron chi connectivity index (χ3n) is 5.12. The van der Waals surface area contributed by atoms with Crippen LogP contribution in [0, 0.1) is 12.8 Å². The second-order valence-corrected chi connectivity index (χ2v) is 7.17. The van der Waals surface area contributed by atoms with E-state index in [0.29, 0.717) is 13.1 Å². The number of nitrogens with zero attached hydrogens (tertiary/aromatic N) is 3. The first-order chi connectivity index (χ1) is 12.0. The van der Waals surface area contributed by atoms with Crippen LogP contribution in [0.15, 0.2) is 30.6 Å². The van der Waals surface area contributed by atoms with Crippen LogP contribution in [0.4, 0.5) is 5.69 Å². The average Bonchev–Trinajstić information content (AvgIpc) is 3.21. The third kappa shape index (κ3) is 3.31. The molecule has 1 saturated heterocycles. The van der Waals surface area contributed by atoms with Crippen LogP contribution in [-0.4, -0.2) is 41.4 Å². The minimum Gasteiger partial charge on any atom is -0.487 e. The minimum atomic E-state index is -0.0800. The van der Waals surface area contributed by atoms with Crippen LogP contribution in [0.5, 0.6) is 5.75 Å². The Morgan fingerprint density at radius 1 is 1.35 bits per heavy atom. The number of hydrogen-bond donors (Lipinski definition) is 1. The van der Waals surface area contributed by atoms with Gasteiger partial charge in [0.1, 0.15) is 11.9 Å². The van der Waals surface area contributed by atoms with Gasteiger partial charge in [0.25, 0.3) is 0 Å². The van der Waals surface area contributed by atoms with Gasteiger partial charge in [-0.25, -0.2) is 0 Å². The van der Waals surface area contributed by atoms with Crippen LogP contribution in [0.25, 0.3) is 0 Å². The Bertz CT molecular complexity index is 807. The predicted octanol–water partition coefficient (Wildman–Crippen LogP) is 2.27. The second-order valence-electron chi connectivity index (χ2n) is 7.17. The first kappa shape index (κ1) is 18.7. The Morgan fingerprint density at radius 2 is 2.15 bits per heavy atom. The predicted molar refractivity (Wildman–Crippen MR) is 103 cm³/mol. The van der Waals surface area contributed by atoms with Gasteiger partial charge in [-0.1, -0.05) is 6.07 Å². The monoisotopic (exact) mass is 376 g/mol. The van der Waals surface area contributed by atoms with Crippen molar-refractivity contribution in [1.82, 2.24) is 15.1 Å². The van der Waals surface area contributed by atoms with Crippen LogP contribution < -0.4 is 15.0 Å². The van der Waals surface area contributed by atoms with E-state index >= 15 is 0 Å². The molecule has 1 fully saturated rings. The van der Waals surface area contributed by atoms with Gasteiger partial charge < -0.3 is 15.0 Å². The maximum absolute atomic E-state index is 13.4. The van der Waals surface area contributed by atoms with Gasteiger partial charge in [-0.3, -0.25) is 9.48 Å². The van der Waals surface area contributed by atoms with Crippen LogP contribution in [-0.2, 0) is 11.8 Å². The molecule has 7 heteroatoms. The Hall–Kier alpha value is -2.05. The molecular formula is C19H25ClN4O2. The van der Waals surface area contributed by atoms with Gasteiger partial charge in [0.2, 0.25) is 5.91 Å². The van der Waals surface area contributed by atoms with Crippen molar-refractivity contribution in [2.24, 2.45) is 13.0 Å². The quantitative estimate of drug-likeness (QED) is 0.873. The Morgan fingerprint density at radius 3 is 2.88 bits per heavy atom. The maximum atomic E-state index is 13.4. The molecule has 0 spiro atoms. The Balaban J connectivity index is 0.00000196. The fourth-order valence-electron chi connectivity index (χ4n) is 3.88. The highest BCUT2D eigenvalue weighted by molar-refractivity contribution is 5.98. The number of amides is 1. The molecule has 1 unspecified atom stereocenters. The molecule has 2 aromatic rings. The molecule has 26 heavy (non-hydrogen) atoms. The lowest BCUT2D eigenvalue weighted by atomic mass is 9.89. The van der Waals surface area contributed by atoms with Gasteiger partial charge in [0.15, 0.2) is 0 Å². The number of anilines is 1. The number of aryl methyl sites for hydroxylation is 2. The van der Waals surface area contributed by atoms with Crippen molar-refractivity contribution in [3.05, 3.63) is 41.7 Å². The summed E-state index contributed by atoms with van der Waals surface area (Å²) in [7, 11) is 1.91. The van der Waals surface area contributed by atoms with E-state index in [1.54, 1.807) is 4.68 Å². The molecular weight excluding hydrogens is 352 g/mol. The van der Waals surface area contributed by atoms with Gasteiger partial charge in [-0.05, 0) is 37.1 Å². The van der Waals surface area contributed by atoms with Gasteiger partial charge in [0, 0.05) is 32.3 Å². The molecule has 0 radical (unpaired) electrons. The van der Waals surface area contributed by atoms with Crippen molar-refractivity contribution in [3.8, 4) is 5.75 Å². The molecule has 140 valence electrons. The molecule has 6 nitrogen and oxygen atoms in total. The molecule has 2 aliphatic heterocycles. The average molecular weight is 377 g/mol. The van der Waals surface area contributed by atoms with Crippen LogP contribution in [0.3, 0.4) is 0 Å². The topological polar surface area (TPSA) is 59.4 Å². The van der Waals surface area contributed by atoms with Gasteiger partial charge in [-0.15, -0.1) is 12.4 Å². The molecule has 4 rings (SSSR count). The first-order valence-electron chi connectivity index (χ1n) is 8.81. The molecule has 0 saturated carbocycles. The van der Waals surface area contributed by atoms with Crippen LogP contribution >= 0.6 is 12.4 Å². The lowest BCUT2D eigenvalue weighted by Gasteiger charge is -2.35. The number of fused-ring (bicyclic) bond motifs is 1. The number of rotatable bonds is 2. The molecule has 1 amide bonds. The molecule has 1 aromatic carbocycles. The Labute approximate surface area is 159 Å². The van der Waals surface area contributed by atoms with E-state index < -0.39 is 0 Å². The highest BCUT2D eigenvalue weighted by atomic mass is 35.5. The van der Waals surface area contributed by atoms with Crippen molar-refractivity contribution in [2.75, 3.05) is 24.5 Å². The van der Waals surface area contributed by atoms with Crippen molar-refractivity contribution < 1.29 is 9.53 Å². The zero-order valence-electron chi connectivity index (χ0n) is 15.3. The number of halogens is 1. The van der Waals surface area contributed by atoms with E-state index in [4.69, 9.17) is 4.74 Å². The van der Waals surface area contributed by atoms with Crippen LogP contribution in [0.1, 0.15) is 24.0 Å². The number of ether oxygens (including phenoxy) is 1. The summed E-state index contributed by atoms with van der Waals surface area (Å²) < 4.78 is 7.74. The number of hydrogen-bond acceptors (Lipinski definition) is 4. The van der Waals surface area contributed by atoms with E-state index in [-0.39, 0.29) is 36.3 Å². The summed E-state index contributed by atoms with van der Waals surface area (Å²) in [5, 5.41) is 7.65. The molecule has 1 N–H and O–H groups in total. The highest BCUT2D eigenvalue weighted by Crippen LogP contribution is 2.37. The molecule has 3 atom stereocenters. The fraction of sp³-hybridized carbons (Fsp3) is 0.474. The van der Waals surface area contributed by atoms with Gasteiger partial charge >= 0.3 is 0 Å². The van der Waals surface area contributed by atoms with E-state index in [0.717, 1.165) is 29.1 Å². The summed E-state index contributed by atoms with van der Waals surface area (Å²) in [5.41, 5.74) is 3.14. The summed E-state index contributed by atoms with van der Waals surface area (Å²) in [6.07, 6.45) is 3.87. The smallest absolute Gasteiger partial charge is 0.232 e. The van der Waals surface area contributed by atoms with E-state index in [1.807, 2.05) is 56.4 Å². The maximum Gasteiger partial charge on any atom is 0.232 e. The van der Waals surface area contributed by atoms with E-state index in [2.05, 4.69) is 10.4 Å².